The topological polar surface area (TPSA) is 38.8 Å². The third-order valence-corrected chi connectivity index (χ3v) is 8.72. The van der Waals surface area contributed by atoms with Gasteiger partial charge < -0.3 is 9.47 Å². The van der Waals surface area contributed by atoms with Crippen LogP contribution in [-0.4, -0.2) is 17.2 Å². The van der Waals surface area contributed by atoms with Gasteiger partial charge in [-0.3, -0.25) is 9.69 Å². The quantitative estimate of drug-likeness (QED) is 0.189. The van der Waals surface area contributed by atoms with Crippen LogP contribution in [0.5, 0.6) is 11.5 Å². The van der Waals surface area contributed by atoms with E-state index in [-0.39, 0.29) is 12.1 Å². The SMILES string of the molecule is O=C1C[C@@H](c2ccc(-c3ccccc3)cc2)N2CCc3cc(OCc4ccccc4)c(OCc4ccccc4)cc3[C@@H]2C1. The van der Waals surface area contributed by atoms with Crippen LogP contribution in [0.3, 0.4) is 0 Å². The maximum absolute atomic E-state index is 13.2. The number of hydrogen-bond donors (Lipinski definition) is 0. The Balaban J connectivity index is 1.18. The van der Waals surface area contributed by atoms with Crippen LogP contribution in [0.15, 0.2) is 127 Å². The van der Waals surface area contributed by atoms with E-state index in [4.69, 9.17) is 9.47 Å². The molecule has 214 valence electrons. The summed E-state index contributed by atoms with van der Waals surface area (Å²) in [5.41, 5.74) is 8.22. The lowest BCUT2D eigenvalue weighted by Gasteiger charge is -2.45. The molecule has 0 radical (unpaired) electrons. The van der Waals surface area contributed by atoms with Gasteiger partial charge in [0.1, 0.15) is 19.0 Å². The molecule has 5 aromatic rings. The monoisotopic (exact) mass is 565 g/mol. The van der Waals surface area contributed by atoms with Gasteiger partial charge in [0.15, 0.2) is 11.5 Å². The second kappa shape index (κ2) is 12.3. The summed E-state index contributed by atoms with van der Waals surface area (Å²) in [5.74, 6) is 1.78. The van der Waals surface area contributed by atoms with E-state index in [1.165, 1.54) is 27.8 Å². The third-order valence-electron chi connectivity index (χ3n) is 8.72. The normalized spacial score (nSPS) is 18.0. The highest BCUT2D eigenvalue weighted by molar-refractivity contribution is 5.81. The van der Waals surface area contributed by atoms with Crippen molar-refractivity contribution in [3.8, 4) is 22.6 Å². The Kier molecular flexibility index (Phi) is 7.77. The zero-order valence-corrected chi connectivity index (χ0v) is 24.2. The highest BCUT2D eigenvalue weighted by Crippen LogP contribution is 2.47. The Morgan fingerprint density at radius 1 is 0.605 bits per heavy atom. The minimum atomic E-state index is 0.0195. The zero-order chi connectivity index (χ0) is 29.0. The van der Waals surface area contributed by atoms with Crippen molar-refractivity contribution in [1.29, 1.82) is 0 Å². The zero-order valence-electron chi connectivity index (χ0n) is 24.2. The summed E-state index contributed by atoms with van der Waals surface area (Å²) in [6.45, 7) is 1.82. The molecule has 0 spiro atoms. The number of benzene rings is 5. The molecule has 0 aliphatic carbocycles. The third kappa shape index (κ3) is 5.97. The molecule has 0 unspecified atom stereocenters. The molecule has 43 heavy (non-hydrogen) atoms. The first-order valence-electron chi connectivity index (χ1n) is 15.1. The lowest BCUT2D eigenvalue weighted by Crippen LogP contribution is -2.43. The van der Waals surface area contributed by atoms with Crippen LogP contribution in [0.1, 0.15) is 52.7 Å². The number of carbonyl (C=O) groups excluding carboxylic acids is 1. The van der Waals surface area contributed by atoms with Crippen molar-refractivity contribution in [3.05, 3.63) is 155 Å². The fourth-order valence-electron chi connectivity index (χ4n) is 6.49. The highest BCUT2D eigenvalue weighted by atomic mass is 16.5. The maximum atomic E-state index is 13.2. The first kappa shape index (κ1) is 27.2. The van der Waals surface area contributed by atoms with Gasteiger partial charge in [0.05, 0.1) is 0 Å². The van der Waals surface area contributed by atoms with E-state index < -0.39 is 0 Å². The molecule has 4 heteroatoms. The molecule has 7 rings (SSSR count). The largest absolute Gasteiger partial charge is 0.485 e. The van der Waals surface area contributed by atoms with Gasteiger partial charge in [-0.1, -0.05) is 115 Å². The number of hydrogen-bond acceptors (Lipinski definition) is 4. The van der Waals surface area contributed by atoms with E-state index in [0.29, 0.717) is 31.8 Å². The van der Waals surface area contributed by atoms with Gasteiger partial charge in [-0.05, 0) is 57.5 Å². The summed E-state index contributed by atoms with van der Waals surface area (Å²) in [6, 6.07) is 44.0. The lowest BCUT2D eigenvalue weighted by molar-refractivity contribution is -0.126. The number of nitrogens with zero attached hydrogens (tertiary/aromatic N) is 1. The lowest BCUT2D eigenvalue weighted by atomic mass is 9.81. The average Bonchev–Trinajstić information content (AvgIpc) is 3.07. The fourth-order valence-corrected chi connectivity index (χ4v) is 6.49. The van der Waals surface area contributed by atoms with Crippen LogP contribution in [0.2, 0.25) is 0 Å². The van der Waals surface area contributed by atoms with E-state index >= 15 is 0 Å². The van der Waals surface area contributed by atoms with Crippen LogP contribution in [0.4, 0.5) is 0 Å². The van der Waals surface area contributed by atoms with Crippen molar-refractivity contribution in [3.63, 3.8) is 0 Å². The first-order chi connectivity index (χ1) is 21.2. The van der Waals surface area contributed by atoms with Gasteiger partial charge in [-0.2, -0.15) is 0 Å². The van der Waals surface area contributed by atoms with Gasteiger partial charge in [0.25, 0.3) is 0 Å². The predicted molar refractivity (Wildman–Crippen MR) is 170 cm³/mol. The van der Waals surface area contributed by atoms with Crippen molar-refractivity contribution in [2.75, 3.05) is 6.54 Å². The van der Waals surface area contributed by atoms with Gasteiger partial charge >= 0.3 is 0 Å². The smallest absolute Gasteiger partial charge is 0.162 e. The minimum Gasteiger partial charge on any atom is -0.485 e. The molecule has 4 nitrogen and oxygen atoms in total. The van der Waals surface area contributed by atoms with Crippen LogP contribution in [-0.2, 0) is 24.4 Å². The highest BCUT2D eigenvalue weighted by Gasteiger charge is 2.40. The summed E-state index contributed by atoms with van der Waals surface area (Å²) in [5, 5.41) is 0. The van der Waals surface area contributed by atoms with E-state index in [9.17, 15) is 4.79 Å². The minimum absolute atomic E-state index is 0.0195. The Hall–Kier alpha value is -4.67. The number of ether oxygens (including phenoxy) is 2. The van der Waals surface area contributed by atoms with Crippen molar-refractivity contribution in [2.24, 2.45) is 0 Å². The van der Waals surface area contributed by atoms with E-state index in [1.54, 1.807) is 0 Å². The Bertz CT molecular complexity index is 1680. The van der Waals surface area contributed by atoms with Crippen LogP contribution < -0.4 is 9.47 Å². The Morgan fingerprint density at radius 2 is 1.14 bits per heavy atom. The summed E-state index contributed by atoms with van der Waals surface area (Å²) < 4.78 is 12.8. The molecule has 0 N–H and O–H groups in total. The molecular weight excluding hydrogens is 530 g/mol. The summed E-state index contributed by atoms with van der Waals surface area (Å²) >= 11 is 0. The molecule has 0 bridgehead atoms. The maximum Gasteiger partial charge on any atom is 0.162 e. The standard InChI is InChI=1S/C39H35NO3/c41-34-23-36(32-18-16-31(17-19-32)30-14-8-3-9-15-30)40-21-20-33-22-38(42-26-28-10-4-1-5-11-28)39(25-35(33)37(40)24-34)43-27-29-12-6-2-7-13-29/h1-19,22,25,36-37H,20-21,23-24,26-27H2/t36-,37-/m0/s1. The molecule has 0 amide bonds. The molecule has 0 aromatic heterocycles. The van der Waals surface area contributed by atoms with Gasteiger partial charge in [-0.25, -0.2) is 0 Å². The molecule has 2 heterocycles. The van der Waals surface area contributed by atoms with Gasteiger partial charge in [-0.15, -0.1) is 0 Å². The average molecular weight is 566 g/mol. The number of fused-ring (bicyclic) bond motifs is 3. The van der Waals surface area contributed by atoms with Gasteiger partial charge in [0.2, 0.25) is 0 Å². The summed E-state index contributed by atoms with van der Waals surface area (Å²) in [7, 11) is 0. The van der Waals surface area contributed by atoms with E-state index in [0.717, 1.165) is 35.6 Å². The molecule has 2 atom stereocenters. The summed E-state index contributed by atoms with van der Waals surface area (Å²) in [4.78, 5) is 15.8. The number of rotatable bonds is 8. The number of ketones is 1. The van der Waals surface area contributed by atoms with Crippen molar-refractivity contribution < 1.29 is 14.3 Å². The molecule has 1 fully saturated rings. The number of carbonyl (C=O) groups is 1. The first-order valence-corrected chi connectivity index (χ1v) is 15.1. The molecule has 1 saturated heterocycles. The summed E-state index contributed by atoms with van der Waals surface area (Å²) in [6.07, 6.45) is 1.97. The van der Waals surface area contributed by atoms with Crippen LogP contribution in [0, 0.1) is 0 Å². The van der Waals surface area contributed by atoms with Crippen molar-refractivity contribution in [1.82, 2.24) is 4.90 Å². The van der Waals surface area contributed by atoms with Crippen LogP contribution in [0.25, 0.3) is 11.1 Å². The van der Waals surface area contributed by atoms with E-state index in [2.05, 4.69) is 89.8 Å². The van der Waals surface area contributed by atoms with Crippen molar-refractivity contribution >= 4 is 5.78 Å². The molecule has 0 saturated carbocycles. The molecular formula is C39H35NO3. The van der Waals surface area contributed by atoms with Crippen LogP contribution >= 0.6 is 0 Å². The fraction of sp³-hybridized carbons (Fsp3) is 0.205. The second-order valence-electron chi connectivity index (χ2n) is 11.5. The van der Waals surface area contributed by atoms with Gasteiger partial charge in [0, 0.05) is 31.5 Å². The molecule has 2 aliphatic rings. The Labute approximate surface area is 253 Å². The Morgan fingerprint density at radius 3 is 1.77 bits per heavy atom. The van der Waals surface area contributed by atoms with Crippen molar-refractivity contribution in [2.45, 2.75) is 44.6 Å². The predicted octanol–water partition coefficient (Wildman–Crippen LogP) is 8.52. The second-order valence-corrected chi connectivity index (χ2v) is 11.5. The van der Waals surface area contributed by atoms with E-state index in [1.807, 2.05) is 42.5 Å². The molecule has 2 aliphatic heterocycles. The number of Topliss-reactive ketones (excluding diaryl/α,β-unsaturated/α-hetero) is 1. The molecule has 5 aromatic carbocycles. The number of piperidine rings is 1.